The highest BCUT2D eigenvalue weighted by Gasteiger charge is 2.17. The van der Waals surface area contributed by atoms with Gasteiger partial charge >= 0.3 is 0 Å². The van der Waals surface area contributed by atoms with Crippen LogP contribution in [0, 0.1) is 5.82 Å². The van der Waals surface area contributed by atoms with E-state index in [0.29, 0.717) is 10.7 Å². The molecular weight excluding hydrogens is 321 g/mol. The molecule has 1 aromatic heterocycles. The van der Waals surface area contributed by atoms with Crippen molar-refractivity contribution >= 4 is 34.9 Å². The maximum atomic E-state index is 14.0. The lowest BCUT2D eigenvalue weighted by atomic mass is 10.1. The fourth-order valence-corrected chi connectivity index (χ4v) is 3.20. The highest BCUT2D eigenvalue weighted by Crippen LogP contribution is 2.30. The Morgan fingerprint density at radius 3 is 2.77 bits per heavy atom. The van der Waals surface area contributed by atoms with Gasteiger partial charge in [0.15, 0.2) is 5.16 Å². The van der Waals surface area contributed by atoms with E-state index in [1.54, 1.807) is 12.1 Å². The van der Waals surface area contributed by atoms with Crippen molar-refractivity contribution < 1.29 is 4.39 Å². The highest BCUT2D eigenvalue weighted by atomic mass is 35.5. The molecule has 1 aliphatic carbocycles. The van der Waals surface area contributed by atoms with Crippen molar-refractivity contribution in [2.24, 2.45) is 0 Å². The third kappa shape index (κ3) is 3.36. The summed E-state index contributed by atoms with van der Waals surface area (Å²) < 4.78 is 14.0. The summed E-state index contributed by atoms with van der Waals surface area (Å²) in [5.74, 6) is 0.344. The van der Waals surface area contributed by atoms with E-state index < -0.39 is 0 Å². The van der Waals surface area contributed by atoms with Gasteiger partial charge in [0.25, 0.3) is 0 Å². The Morgan fingerprint density at radius 1 is 1.18 bits per heavy atom. The Bertz CT molecular complexity index is 693. The van der Waals surface area contributed by atoms with Crippen LogP contribution < -0.4 is 5.32 Å². The lowest BCUT2D eigenvalue weighted by Gasteiger charge is -2.14. The summed E-state index contributed by atoms with van der Waals surface area (Å²) in [4.78, 5) is 9.17. The normalized spacial score (nSPS) is 14.3. The van der Waals surface area contributed by atoms with E-state index in [4.69, 9.17) is 11.6 Å². The number of anilines is 2. The largest absolute Gasteiger partial charge is 0.337 e. The van der Waals surface area contributed by atoms with Crippen LogP contribution in [0.4, 0.5) is 15.9 Å². The Balaban J connectivity index is 2.01. The molecule has 116 valence electrons. The second-order valence-electron chi connectivity index (χ2n) is 5.29. The van der Waals surface area contributed by atoms with Crippen molar-refractivity contribution in [2.75, 3.05) is 11.6 Å². The van der Waals surface area contributed by atoms with Crippen molar-refractivity contribution in [3.63, 3.8) is 0 Å². The second-order valence-corrected chi connectivity index (χ2v) is 6.50. The first-order valence-electron chi connectivity index (χ1n) is 7.33. The average Bonchev–Trinajstić information content (AvgIpc) is 2.75. The van der Waals surface area contributed by atoms with E-state index >= 15 is 0 Å². The summed E-state index contributed by atoms with van der Waals surface area (Å²) in [6, 6.07) is 4.61. The molecule has 1 aromatic carbocycles. The van der Waals surface area contributed by atoms with Gasteiger partial charge in [-0.05, 0) is 50.1 Å². The Morgan fingerprint density at radius 2 is 2.00 bits per heavy atom. The number of nitrogens with zero attached hydrogens (tertiary/aromatic N) is 2. The van der Waals surface area contributed by atoms with Crippen LogP contribution in [0.2, 0.25) is 5.02 Å². The molecule has 1 N–H and O–H groups in total. The van der Waals surface area contributed by atoms with Gasteiger partial charge in [-0.2, -0.15) is 0 Å². The van der Waals surface area contributed by atoms with E-state index in [1.807, 2.05) is 6.26 Å². The zero-order valence-corrected chi connectivity index (χ0v) is 13.9. The molecule has 0 aliphatic heterocycles. The fourth-order valence-electron chi connectivity index (χ4n) is 2.66. The first kappa shape index (κ1) is 15.6. The summed E-state index contributed by atoms with van der Waals surface area (Å²) in [5, 5.41) is 4.24. The zero-order chi connectivity index (χ0) is 15.5. The van der Waals surface area contributed by atoms with Crippen LogP contribution in [0.25, 0.3) is 0 Å². The number of hydrogen-bond donors (Lipinski definition) is 1. The maximum Gasteiger partial charge on any atom is 0.189 e. The summed E-state index contributed by atoms with van der Waals surface area (Å²) in [7, 11) is 0. The number of nitrogens with one attached hydrogen (secondary N) is 1. The van der Waals surface area contributed by atoms with Gasteiger partial charge in [0.2, 0.25) is 0 Å². The monoisotopic (exact) mass is 337 g/mol. The van der Waals surface area contributed by atoms with Gasteiger partial charge in [0, 0.05) is 10.6 Å². The quantitative estimate of drug-likeness (QED) is 0.485. The first-order chi connectivity index (χ1) is 10.7. The van der Waals surface area contributed by atoms with Gasteiger partial charge in [0.1, 0.15) is 11.6 Å². The molecule has 0 amide bonds. The molecule has 0 atom stereocenters. The van der Waals surface area contributed by atoms with E-state index in [-0.39, 0.29) is 5.82 Å². The van der Waals surface area contributed by atoms with Crippen molar-refractivity contribution in [1.29, 1.82) is 0 Å². The SMILES string of the molecule is CSc1nc2c(c(Nc3ccc(Cl)cc3F)n1)CCCCC2. The highest BCUT2D eigenvalue weighted by molar-refractivity contribution is 7.98. The van der Waals surface area contributed by atoms with Crippen LogP contribution in [0.1, 0.15) is 30.5 Å². The second kappa shape index (κ2) is 6.84. The van der Waals surface area contributed by atoms with Crippen LogP contribution >= 0.6 is 23.4 Å². The Labute approximate surface area is 138 Å². The molecule has 2 aromatic rings. The third-order valence-corrected chi connectivity index (χ3v) is 4.56. The predicted molar refractivity (Wildman–Crippen MR) is 89.8 cm³/mol. The van der Waals surface area contributed by atoms with Crippen LogP contribution in [0.5, 0.6) is 0 Å². The van der Waals surface area contributed by atoms with Crippen LogP contribution in [-0.4, -0.2) is 16.2 Å². The molecule has 1 aliphatic rings. The van der Waals surface area contributed by atoms with Gasteiger partial charge in [-0.15, -0.1) is 0 Å². The van der Waals surface area contributed by atoms with E-state index in [0.717, 1.165) is 47.9 Å². The molecule has 0 unspecified atom stereocenters. The summed E-state index contributed by atoms with van der Waals surface area (Å²) >= 11 is 7.31. The molecule has 0 saturated heterocycles. The van der Waals surface area contributed by atoms with Gasteiger partial charge in [0.05, 0.1) is 11.4 Å². The molecule has 3 nitrogen and oxygen atoms in total. The minimum atomic E-state index is -0.376. The fraction of sp³-hybridized carbons (Fsp3) is 0.375. The topological polar surface area (TPSA) is 37.8 Å². The zero-order valence-electron chi connectivity index (χ0n) is 12.3. The molecule has 6 heteroatoms. The smallest absolute Gasteiger partial charge is 0.189 e. The molecular formula is C16H17ClFN3S. The van der Waals surface area contributed by atoms with Gasteiger partial charge in [-0.1, -0.05) is 29.8 Å². The van der Waals surface area contributed by atoms with Crippen molar-refractivity contribution in [3.05, 3.63) is 40.3 Å². The molecule has 0 saturated carbocycles. The number of rotatable bonds is 3. The van der Waals surface area contributed by atoms with Gasteiger partial charge in [-0.25, -0.2) is 14.4 Å². The van der Waals surface area contributed by atoms with Crippen LogP contribution in [0.15, 0.2) is 23.4 Å². The number of hydrogen-bond acceptors (Lipinski definition) is 4. The molecule has 0 fully saturated rings. The molecule has 0 spiro atoms. The molecule has 3 rings (SSSR count). The number of thioether (sulfide) groups is 1. The standard InChI is InChI=1S/C16H17ClFN3S/c1-22-16-20-13-6-4-2-3-5-11(13)15(21-16)19-14-8-7-10(17)9-12(14)18/h7-9H,2-6H2,1H3,(H,19,20,21). The minimum absolute atomic E-state index is 0.376. The number of fused-ring (bicyclic) bond motifs is 1. The first-order valence-corrected chi connectivity index (χ1v) is 8.93. The predicted octanol–water partition coefficient (Wildman–Crippen LogP) is 5.00. The maximum absolute atomic E-state index is 14.0. The third-order valence-electron chi connectivity index (χ3n) is 3.78. The van der Waals surface area contributed by atoms with Crippen LogP contribution in [-0.2, 0) is 12.8 Å². The molecule has 22 heavy (non-hydrogen) atoms. The number of benzene rings is 1. The lowest BCUT2D eigenvalue weighted by molar-refractivity contribution is 0.631. The van der Waals surface area contributed by atoms with Crippen molar-refractivity contribution in [1.82, 2.24) is 9.97 Å². The number of aromatic nitrogens is 2. The summed E-state index contributed by atoms with van der Waals surface area (Å²) in [5.41, 5.74) is 2.60. The minimum Gasteiger partial charge on any atom is -0.337 e. The average molecular weight is 338 g/mol. The van der Waals surface area contributed by atoms with E-state index in [1.165, 1.54) is 24.2 Å². The molecule has 0 bridgehead atoms. The molecule has 0 radical (unpaired) electrons. The lowest BCUT2D eigenvalue weighted by Crippen LogP contribution is -2.07. The van der Waals surface area contributed by atoms with Gasteiger partial charge in [-0.3, -0.25) is 0 Å². The van der Waals surface area contributed by atoms with Crippen molar-refractivity contribution in [2.45, 2.75) is 37.3 Å². The van der Waals surface area contributed by atoms with Gasteiger partial charge < -0.3 is 5.32 Å². The van der Waals surface area contributed by atoms with Crippen LogP contribution in [0.3, 0.4) is 0 Å². The van der Waals surface area contributed by atoms with Crippen molar-refractivity contribution in [3.8, 4) is 0 Å². The molecule has 1 heterocycles. The Kier molecular flexibility index (Phi) is 4.84. The van der Waals surface area contributed by atoms with E-state index in [9.17, 15) is 4.39 Å². The number of halogens is 2. The summed E-state index contributed by atoms with van der Waals surface area (Å²) in [6.07, 6.45) is 7.30. The Hall–Kier alpha value is -1.33. The number of aryl methyl sites for hydroxylation is 1. The summed E-state index contributed by atoms with van der Waals surface area (Å²) in [6.45, 7) is 0. The van der Waals surface area contributed by atoms with E-state index in [2.05, 4.69) is 15.3 Å².